The van der Waals surface area contributed by atoms with Crippen LogP contribution in [0.1, 0.15) is 64.5 Å². The van der Waals surface area contributed by atoms with Crippen LogP contribution in [0, 0.1) is 11.8 Å². The van der Waals surface area contributed by atoms with E-state index in [4.69, 9.17) is 4.74 Å². The van der Waals surface area contributed by atoms with Crippen LogP contribution in [0.15, 0.2) is 53.4 Å². The van der Waals surface area contributed by atoms with Crippen LogP contribution in [0.3, 0.4) is 0 Å². The molecule has 0 spiro atoms. The third kappa shape index (κ3) is 6.37. The van der Waals surface area contributed by atoms with Crippen LogP contribution in [-0.4, -0.2) is 14.2 Å². The molecule has 0 aliphatic heterocycles. The van der Waals surface area contributed by atoms with E-state index in [1.807, 2.05) is 6.92 Å². The summed E-state index contributed by atoms with van der Waals surface area (Å²) >= 11 is 0. The van der Waals surface area contributed by atoms with Gasteiger partial charge in [-0.1, -0.05) is 65.0 Å². The molecule has 3 nitrogen and oxygen atoms in total. The Morgan fingerprint density at radius 3 is 2.21 bits per heavy atom. The van der Waals surface area contributed by atoms with Crippen LogP contribution >= 0.6 is 0 Å². The summed E-state index contributed by atoms with van der Waals surface area (Å²) in [4.78, 5) is 0.329. The molecule has 2 rings (SSSR count). The average Bonchev–Trinajstić information content (AvgIpc) is 2.65. The van der Waals surface area contributed by atoms with Crippen molar-refractivity contribution in [2.75, 3.05) is 5.75 Å². The zero-order valence-electron chi connectivity index (χ0n) is 17.8. The van der Waals surface area contributed by atoms with E-state index in [9.17, 15) is 8.42 Å². The number of ether oxygens (including phenoxy) is 1. The van der Waals surface area contributed by atoms with Crippen LogP contribution in [0.2, 0.25) is 0 Å². The molecule has 4 heteroatoms. The quantitative estimate of drug-likeness (QED) is 0.473. The molecule has 0 fully saturated rings. The largest absolute Gasteiger partial charge is 0.489 e. The van der Waals surface area contributed by atoms with E-state index in [1.54, 1.807) is 24.3 Å². The second-order valence-electron chi connectivity index (χ2n) is 8.30. The first-order valence-corrected chi connectivity index (χ1v) is 11.9. The Hall–Kier alpha value is -1.81. The molecule has 0 saturated carbocycles. The molecule has 0 aromatic heterocycles. The van der Waals surface area contributed by atoms with E-state index in [0.717, 1.165) is 5.56 Å². The molecule has 2 aromatic carbocycles. The minimum Gasteiger partial charge on any atom is -0.489 e. The number of hydrogen-bond acceptors (Lipinski definition) is 3. The molecule has 1 atom stereocenters. The van der Waals surface area contributed by atoms with E-state index in [2.05, 4.69) is 52.0 Å². The van der Waals surface area contributed by atoms with Crippen molar-refractivity contribution in [2.24, 2.45) is 11.8 Å². The summed E-state index contributed by atoms with van der Waals surface area (Å²) < 4.78 is 30.3. The Balaban J connectivity index is 2.06. The van der Waals surface area contributed by atoms with Gasteiger partial charge in [-0.25, -0.2) is 8.42 Å². The third-order valence-electron chi connectivity index (χ3n) is 4.98. The molecule has 0 bridgehead atoms. The second kappa shape index (κ2) is 10.1. The van der Waals surface area contributed by atoms with Crippen molar-refractivity contribution in [3.05, 3.63) is 59.7 Å². The van der Waals surface area contributed by atoms with Gasteiger partial charge >= 0.3 is 0 Å². The van der Waals surface area contributed by atoms with Crippen molar-refractivity contribution in [3.63, 3.8) is 0 Å². The highest BCUT2D eigenvalue weighted by Crippen LogP contribution is 2.31. The second-order valence-corrected chi connectivity index (χ2v) is 10.4. The first-order valence-electron chi connectivity index (χ1n) is 10.3. The van der Waals surface area contributed by atoms with Crippen LogP contribution in [0.5, 0.6) is 5.75 Å². The normalized spacial score (nSPS) is 13.1. The molecule has 0 amide bonds. The Labute approximate surface area is 171 Å². The summed E-state index contributed by atoms with van der Waals surface area (Å²) in [5.74, 6) is 2.59. The van der Waals surface area contributed by atoms with Gasteiger partial charge in [0.05, 0.1) is 10.6 Å². The molecule has 0 aliphatic rings. The molecule has 0 N–H and O–H groups in total. The van der Waals surface area contributed by atoms with Crippen LogP contribution < -0.4 is 4.74 Å². The van der Waals surface area contributed by atoms with E-state index in [0.29, 0.717) is 41.4 Å². The van der Waals surface area contributed by atoms with E-state index < -0.39 is 9.84 Å². The zero-order chi connectivity index (χ0) is 20.7. The SMILES string of the molecule is CCCS(=O)(=O)c1cccc(OCc2ccc(C(CC(C)C)C(C)C)cc2)c1. The van der Waals surface area contributed by atoms with Crippen molar-refractivity contribution >= 4 is 9.84 Å². The maximum atomic E-state index is 12.2. The lowest BCUT2D eigenvalue weighted by molar-refractivity contribution is 0.305. The Kier molecular flexibility index (Phi) is 8.11. The maximum absolute atomic E-state index is 12.2. The maximum Gasteiger partial charge on any atom is 0.178 e. The Bertz CT molecular complexity index is 836. The summed E-state index contributed by atoms with van der Waals surface area (Å²) in [6, 6.07) is 15.4. The fourth-order valence-electron chi connectivity index (χ4n) is 3.47. The molecule has 1 unspecified atom stereocenters. The smallest absolute Gasteiger partial charge is 0.178 e. The highest BCUT2D eigenvalue weighted by atomic mass is 32.2. The van der Waals surface area contributed by atoms with Gasteiger partial charge in [0.25, 0.3) is 0 Å². The average molecular weight is 403 g/mol. The Morgan fingerprint density at radius 2 is 1.64 bits per heavy atom. The van der Waals surface area contributed by atoms with Crippen molar-refractivity contribution < 1.29 is 13.2 Å². The lowest BCUT2D eigenvalue weighted by Gasteiger charge is -2.23. The summed E-state index contributed by atoms with van der Waals surface area (Å²) in [5, 5.41) is 0. The molecule has 154 valence electrons. The number of rotatable bonds is 10. The van der Waals surface area contributed by atoms with Crippen molar-refractivity contribution in [1.82, 2.24) is 0 Å². The third-order valence-corrected chi connectivity index (χ3v) is 6.90. The molecule has 0 heterocycles. The molecular formula is C24H34O3S. The molecule has 28 heavy (non-hydrogen) atoms. The van der Waals surface area contributed by atoms with Crippen LogP contribution in [-0.2, 0) is 16.4 Å². The lowest BCUT2D eigenvalue weighted by atomic mass is 9.82. The highest BCUT2D eigenvalue weighted by molar-refractivity contribution is 7.91. The summed E-state index contributed by atoms with van der Waals surface area (Å²) in [6.07, 6.45) is 1.79. The predicted octanol–water partition coefficient (Wildman–Crippen LogP) is 6.24. The van der Waals surface area contributed by atoms with Gasteiger partial charge in [-0.05, 0) is 59.9 Å². The van der Waals surface area contributed by atoms with E-state index in [-0.39, 0.29) is 5.75 Å². The molecule has 0 saturated heterocycles. The molecule has 2 aromatic rings. The van der Waals surface area contributed by atoms with Crippen molar-refractivity contribution in [1.29, 1.82) is 0 Å². The fourth-order valence-corrected chi connectivity index (χ4v) is 4.83. The van der Waals surface area contributed by atoms with E-state index in [1.165, 1.54) is 12.0 Å². The first-order chi connectivity index (χ1) is 13.2. The van der Waals surface area contributed by atoms with Crippen molar-refractivity contribution in [3.8, 4) is 5.75 Å². The standard InChI is InChI=1S/C24H34O3S/c1-6-14-28(25,26)23-9-7-8-22(16-23)27-17-20-10-12-21(13-11-20)24(19(4)5)15-18(2)3/h7-13,16,18-19,24H,6,14-15,17H2,1-5H3. The van der Waals surface area contributed by atoms with Gasteiger partial charge in [0.1, 0.15) is 12.4 Å². The highest BCUT2D eigenvalue weighted by Gasteiger charge is 2.17. The van der Waals surface area contributed by atoms with Gasteiger partial charge < -0.3 is 4.74 Å². The Morgan fingerprint density at radius 1 is 0.964 bits per heavy atom. The van der Waals surface area contributed by atoms with E-state index >= 15 is 0 Å². The van der Waals surface area contributed by atoms with Gasteiger partial charge in [0.2, 0.25) is 0 Å². The van der Waals surface area contributed by atoms with Gasteiger partial charge in [-0.3, -0.25) is 0 Å². The van der Waals surface area contributed by atoms with Gasteiger partial charge in [0, 0.05) is 0 Å². The minimum absolute atomic E-state index is 0.158. The number of sulfone groups is 1. The van der Waals surface area contributed by atoms with Gasteiger partial charge in [-0.2, -0.15) is 0 Å². The van der Waals surface area contributed by atoms with Crippen molar-refractivity contribution in [2.45, 2.75) is 64.9 Å². The predicted molar refractivity (Wildman–Crippen MR) is 117 cm³/mol. The number of hydrogen-bond donors (Lipinski definition) is 0. The topological polar surface area (TPSA) is 43.4 Å². The van der Waals surface area contributed by atoms with Crippen LogP contribution in [0.4, 0.5) is 0 Å². The summed E-state index contributed by atoms with van der Waals surface area (Å²) in [7, 11) is -3.23. The number of benzene rings is 2. The van der Waals surface area contributed by atoms with Gasteiger partial charge in [0.15, 0.2) is 9.84 Å². The molecule has 0 radical (unpaired) electrons. The zero-order valence-corrected chi connectivity index (χ0v) is 18.6. The lowest BCUT2D eigenvalue weighted by Crippen LogP contribution is -2.10. The molecule has 0 aliphatic carbocycles. The monoisotopic (exact) mass is 402 g/mol. The fraction of sp³-hybridized carbons (Fsp3) is 0.500. The first kappa shape index (κ1) is 22.5. The van der Waals surface area contributed by atoms with Crippen LogP contribution in [0.25, 0.3) is 0 Å². The molecular weight excluding hydrogens is 368 g/mol. The summed E-state index contributed by atoms with van der Waals surface area (Å²) in [5.41, 5.74) is 2.46. The summed E-state index contributed by atoms with van der Waals surface area (Å²) in [6.45, 7) is 11.4. The van der Waals surface area contributed by atoms with Gasteiger partial charge in [-0.15, -0.1) is 0 Å². The minimum atomic E-state index is -3.23.